The highest BCUT2D eigenvalue weighted by Crippen LogP contribution is 2.31. The largest absolute Gasteiger partial charge is 0.490 e. The molecule has 1 aliphatic rings. The van der Waals surface area contributed by atoms with Gasteiger partial charge >= 0.3 is 0 Å². The van der Waals surface area contributed by atoms with Gasteiger partial charge in [0.05, 0.1) is 11.7 Å². The van der Waals surface area contributed by atoms with E-state index in [9.17, 15) is 4.79 Å². The molecule has 1 aromatic rings. The van der Waals surface area contributed by atoms with Gasteiger partial charge in [-0.05, 0) is 36.5 Å². The minimum absolute atomic E-state index is 0.0804. The summed E-state index contributed by atoms with van der Waals surface area (Å²) in [4.78, 5) is 11.8. The Morgan fingerprint density at radius 3 is 2.65 bits per heavy atom. The van der Waals surface area contributed by atoms with Crippen molar-refractivity contribution in [3.8, 4) is 5.75 Å². The molecule has 92 valence electrons. The number of rotatable bonds is 4. The maximum Gasteiger partial charge on any atom is 0.254 e. The monoisotopic (exact) mass is 233 g/mol. The normalized spacial score (nSPS) is 14.8. The summed E-state index contributed by atoms with van der Waals surface area (Å²) in [6, 6.07) is 5.88. The van der Waals surface area contributed by atoms with Gasteiger partial charge in [-0.15, -0.1) is 0 Å². The van der Waals surface area contributed by atoms with E-state index in [1.165, 1.54) is 0 Å². The van der Waals surface area contributed by atoms with Gasteiger partial charge in [-0.1, -0.05) is 19.9 Å². The zero-order chi connectivity index (χ0) is 12.4. The topological polar surface area (TPSA) is 38.3 Å². The lowest BCUT2D eigenvalue weighted by Gasteiger charge is -2.13. The van der Waals surface area contributed by atoms with Crippen LogP contribution in [0.5, 0.6) is 5.75 Å². The first kappa shape index (κ1) is 12.0. The molecule has 0 heterocycles. The number of nitrogens with one attached hydrogen (secondary N) is 1. The molecule has 2 rings (SSSR count). The standard InChI is InChI=1S/C14H19NO2/c1-9(2)10-4-7-13(17-11-5-6-11)12(8-10)14(16)15-3/h4,7-9,11H,5-6H2,1-3H3,(H,15,16). The lowest BCUT2D eigenvalue weighted by molar-refractivity contribution is 0.0958. The molecular formula is C14H19NO2. The molecule has 0 bridgehead atoms. The molecular weight excluding hydrogens is 214 g/mol. The van der Waals surface area contributed by atoms with Crippen molar-refractivity contribution >= 4 is 5.91 Å². The number of ether oxygens (including phenoxy) is 1. The molecule has 1 saturated carbocycles. The Bertz CT molecular complexity index is 422. The fraction of sp³-hybridized carbons (Fsp3) is 0.500. The highest BCUT2D eigenvalue weighted by atomic mass is 16.5. The first-order chi connectivity index (χ1) is 8.11. The van der Waals surface area contributed by atoms with Gasteiger partial charge in [0, 0.05) is 7.05 Å². The molecule has 0 aromatic heterocycles. The summed E-state index contributed by atoms with van der Waals surface area (Å²) in [5.74, 6) is 1.03. The second-order valence-corrected chi connectivity index (χ2v) is 4.81. The maximum atomic E-state index is 11.8. The molecule has 0 unspecified atom stereocenters. The molecule has 0 spiro atoms. The van der Waals surface area contributed by atoms with Crippen LogP contribution >= 0.6 is 0 Å². The Morgan fingerprint density at radius 1 is 1.41 bits per heavy atom. The van der Waals surface area contributed by atoms with Crippen LogP contribution in [0.4, 0.5) is 0 Å². The number of benzene rings is 1. The van der Waals surface area contributed by atoms with Crippen LogP contribution in [-0.2, 0) is 0 Å². The first-order valence-corrected chi connectivity index (χ1v) is 6.14. The zero-order valence-electron chi connectivity index (χ0n) is 10.6. The lowest BCUT2D eigenvalue weighted by atomic mass is 10.00. The molecule has 3 nitrogen and oxygen atoms in total. The highest BCUT2D eigenvalue weighted by Gasteiger charge is 2.25. The molecule has 1 aliphatic carbocycles. The molecule has 0 aliphatic heterocycles. The van der Waals surface area contributed by atoms with E-state index in [2.05, 4.69) is 19.2 Å². The molecule has 17 heavy (non-hydrogen) atoms. The molecule has 1 aromatic carbocycles. The van der Waals surface area contributed by atoms with Crippen molar-refractivity contribution in [2.24, 2.45) is 0 Å². The van der Waals surface area contributed by atoms with Gasteiger partial charge in [-0.25, -0.2) is 0 Å². The van der Waals surface area contributed by atoms with Crippen molar-refractivity contribution in [2.45, 2.75) is 38.7 Å². The number of hydrogen-bond acceptors (Lipinski definition) is 2. The maximum absolute atomic E-state index is 11.8. The predicted octanol–water partition coefficient (Wildman–Crippen LogP) is 2.71. The van der Waals surface area contributed by atoms with Gasteiger partial charge in [0.15, 0.2) is 0 Å². The minimum Gasteiger partial charge on any atom is -0.490 e. The summed E-state index contributed by atoms with van der Waals surface area (Å²) >= 11 is 0. The van der Waals surface area contributed by atoms with Crippen LogP contribution in [0.15, 0.2) is 18.2 Å². The Kier molecular flexibility index (Phi) is 3.36. The molecule has 1 amide bonds. The summed E-state index contributed by atoms with van der Waals surface area (Å²) < 4.78 is 5.75. The van der Waals surface area contributed by atoms with Gasteiger partial charge in [0.25, 0.3) is 5.91 Å². The van der Waals surface area contributed by atoms with Crippen LogP contribution in [0.3, 0.4) is 0 Å². The summed E-state index contributed by atoms with van der Waals surface area (Å²) in [5, 5.41) is 2.66. The van der Waals surface area contributed by atoms with Crippen molar-refractivity contribution in [1.29, 1.82) is 0 Å². The van der Waals surface area contributed by atoms with E-state index >= 15 is 0 Å². The summed E-state index contributed by atoms with van der Waals surface area (Å²) in [5.41, 5.74) is 1.80. The fourth-order valence-electron chi connectivity index (χ4n) is 1.69. The summed E-state index contributed by atoms with van der Waals surface area (Å²) in [6.45, 7) is 4.23. The molecule has 0 radical (unpaired) electrons. The average Bonchev–Trinajstić information content (AvgIpc) is 3.12. The molecule has 3 heteroatoms. The second-order valence-electron chi connectivity index (χ2n) is 4.81. The third-order valence-electron chi connectivity index (χ3n) is 2.96. The third kappa shape index (κ3) is 2.78. The third-order valence-corrected chi connectivity index (χ3v) is 2.96. The van der Waals surface area contributed by atoms with Gasteiger partial charge in [0.1, 0.15) is 5.75 Å². The highest BCUT2D eigenvalue weighted by molar-refractivity contribution is 5.97. The predicted molar refractivity (Wildman–Crippen MR) is 67.6 cm³/mol. The van der Waals surface area contributed by atoms with Crippen LogP contribution in [0.25, 0.3) is 0 Å². The number of hydrogen-bond donors (Lipinski definition) is 1. The van der Waals surface area contributed by atoms with Crippen molar-refractivity contribution in [1.82, 2.24) is 5.32 Å². The van der Waals surface area contributed by atoms with Crippen LogP contribution < -0.4 is 10.1 Å². The van der Waals surface area contributed by atoms with Crippen molar-refractivity contribution in [2.75, 3.05) is 7.05 Å². The molecule has 1 N–H and O–H groups in total. The van der Waals surface area contributed by atoms with Crippen LogP contribution in [0, 0.1) is 0 Å². The Balaban J connectivity index is 2.32. The number of amides is 1. The van der Waals surface area contributed by atoms with E-state index in [0.717, 1.165) is 18.4 Å². The lowest BCUT2D eigenvalue weighted by Crippen LogP contribution is -2.19. The van der Waals surface area contributed by atoms with Crippen molar-refractivity contribution in [3.63, 3.8) is 0 Å². The minimum atomic E-state index is -0.0804. The Labute approximate surface area is 102 Å². The van der Waals surface area contributed by atoms with Crippen LogP contribution in [0.1, 0.15) is 48.5 Å². The smallest absolute Gasteiger partial charge is 0.254 e. The van der Waals surface area contributed by atoms with Crippen molar-refractivity contribution < 1.29 is 9.53 Å². The van der Waals surface area contributed by atoms with E-state index < -0.39 is 0 Å². The van der Waals surface area contributed by atoms with Crippen LogP contribution in [0.2, 0.25) is 0 Å². The first-order valence-electron chi connectivity index (χ1n) is 6.14. The van der Waals surface area contributed by atoms with Gasteiger partial charge in [-0.2, -0.15) is 0 Å². The van der Waals surface area contributed by atoms with E-state index in [0.29, 0.717) is 23.3 Å². The quantitative estimate of drug-likeness (QED) is 0.868. The Morgan fingerprint density at radius 2 is 2.12 bits per heavy atom. The SMILES string of the molecule is CNC(=O)c1cc(C(C)C)ccc1OC1CC1. The van der Waals surface area contributed by atoms with Crippen LogP contribution in [-0.4, -0.2) is 19.1 Å². The number of carbonyl (C=O) groups is 1. The average molecular weight is 233 g/mol. The summed E-state index contributed by atoms with van der Waals surface area (Å²) in [7, 11) is 1.64. The van der Waals surface area contributed by atoms with E-state index in [1.54, 1.807) is 7.05 Å². The molecule has 0 saturated heterocycles. The van der Waals surface area contributed by atoms with Crippen molar-refractivity contribution in [3.05, 3.63) is 29.3 Å². The van der Waals surface area contributed by atoms with Gasteiger partial charge < -0.3 is 10.1 Å². The van der Waals surface area contributed by atoms with Gasteiger partial charge in [0.2, 0.25) is 0 Å². The second kappa shape index (κ2) is 4.78. The molecule has 1 fully saturated rings. The van der Waals surface area contributed by atoms with E-state index in [4.69, 9.17) is 4.74 Å². The van der Waals surface area contributed by atoms with E-state index in [1.807, 2.05) is 18.2 Å². The van der Waals surface area contributed by atoms with Gasteiger partial charge in [-0.3, -0.25) is 4.79 Å². The summed E-state index contributed by atoms with van der Waals surface area (Å²) in [6.07, 6.45) is 2.50. The Hall–Kier alpha value is -1.51. The number of carbonyl (C=O) groups excluding carboxylic acids is 1. The molecule has 0 atom stereocenters. The zero-order valence-corrected chi connectivity index (χ0v) is 10.6. The fourth-order valence-corrected chi connectivity index (χ4v) is 1.69. The van der Waals surface area contributed by atoms with E-state index in [-0.39, 0.29) is 5.91 Å².